The summed E-state index contributed by atoms with van der Waals surface area (Å²) in [6.07, 6.45) is 0.791. The van der Waals surface area contributed by atoms with Gasteiger partial charge in [0.2, 0.25) is 0 Å². The molecule has 1 amide bonds. The molecule has 2 atom stereocenters. The van der Waals surface area contributed by atoms with Crippen LogP contribution in [-0.4, -0.2) is 36.0 Å². The molecule has 6 nitrogen and oxygen atoms in total. The first kappa shape index (κ1) is 24.9. The third-order valence-corrected chi connectivity index (χ3v) is 6.19. The zero-order valence-electron chi connectivity index (χ0n) is 20.2. The van der Waals surface area contributed by atoms with Crippen LogP contribution in [0.1, 0.15) is 58.9 Å². The van der Waals surface area contributed by atoms with Crippen LogP contribution in [0.5, 0.6) is 5.75 Å². The van der Waals surface area contributed by atoms with Crippen molar-refractivity contribution in [2.75, 3.05) is 13.1 Å². The average molecular weight is 483 g/mol. The molecule has 1 saturated heterocycles. The number of nitrogens with one attached hydrogen (secondary N) is 1. The van der Waals surface area contributed by atoms with Gasteiger partial charge >= 0.3 is 0 Å². The van der Waals surface area contributed by atoms with E-state index in [9.17, 15) is 14.4 Å². The van der Waals surface area contributed by atoms with Crippen molar-refractivity contribution in [3.63, 3.8) is 0 Å². The number of hydrogen-bond acceptors (Lipinski definition) is 5. The number of rotatable bonds is 7. The number of carbonyl (C=O) groups is 1. The lowest BCUT2D eigenvalue weighted by Crippen LogP contribution is -2.38. The number of carbonyl (C=O) groups excluding carboxylic acids is 1. The van der Waals surface area contributed by atoms with Crippen LogP contribution in [0.25, 0.3) is 0 Å². The fourth-order valence-electron chi connectivity index (χ4n) is 4.53. The van der Waals surface area contributed by atoms with Crippen LogP contribution in [0.2, 0.25) is 0 Å². The number of benzene rings is 3. The number of amides is 1. The molecule has 1 fully saturated rings. The molecule has 7 heteroatoms. The minimum absolute atomic E-state index is 0.0724. The average Bonchev–Trinajstić information content (AvgIpc) is 3.32. The summed E-state index contributed by atoms with van der Waals surface area (Å²) in [6.45, 7) is 5.28. The Morgan fingerprint density at radius 1 is 1.00 bits per heavy atom. The fraction of sp³-hybridized carbons (Fsp3) is 0.276. The second kappa shape index (κ2) is 11.0. The van der Waals surface area contributed by atoms with E-state index in [1.807, 2.05) is 68.4 Å². The van der Waals surface area contributed by atoms with E-state index in [1.165, 1.54) is 12.1 Å². The van der Waals surface area contributed by atoms with Crippen molar-refractivity contribution in [2.45, 2.75) is 38.5 Å². The molecular formula is C29H27FN4O2. The first-order valence-corrected chi connectivity index (χ1v) is 11.9. The Labute approximate surface area is 210 Å². The summed E-state index contributed by atoms with van der Waals surface area (Å²) in [4.78, 5) is 15.0. The largest absolute Gasteiger partial charge is 0.491 e. The van der Waals surface area contributed by atoms with Crippen molar-refractivity contribution in [3.05, 3.63) is 100 Å². The molecule has 3 aromatic rings. The van der Waals surface area contributed by atoms with Gasteiger partial charge < -0.3 is 10.1 Å². The van der Waals surface area contributed by atoms with Gasteiger partial charge in [0.25, 0.3) is 5.91 Å². The van der Waals surface area contributed by atoms with Crippen LogP contribution < -0.4 is 10.1 Å². The Kier molecular flexibility index (Phi) is 7.63. The minimum atomic E-state index is -0.708. The summed E-state index contributed by atoms with van der Waals surface area (Å²) < 4.78 is 20.1. The summed E-state index contributed by atoms with van der Waals surface area (Å²) in [5.41, 5.74) is 2.80. The highest BCUT2D eigenvalue weighted by atomic mass is 19.1. The van der Waals surface area contributed by atoms with Crippen LogP contribution in [0, 0.1) is 28.5 Å². The quantitative estimate of drug-likeness (QED) is 0.515. The second-order valence-electron chi connectivity index (χ2n) is 9.13. The van der Waals surface area contributed by atoms with E-state index in [0.717, 1.165) is 29.5 Å². The van der Waals surface area contributed by atoms with Crippen LogP contribution in [-0.2, 0) is 0 Å². The van der Waals surface area contributed by atoms with Gasteiger partial charge in [-0.05, 0) is 73.9 Å². The standard InChI is InChI=1S/C29H27FN4O2/c1-19(2)36-25-10-8-23(9-11-25)28(22-6-3-20(16-31)4-7-22)34-14-13-24(18-34)33-29(35)26-12-5-21(17-32)15-27(26)30/h3-12,15,19,24,28H,13-14,18H2,1-2H3,(H,33,35)/t24?,28-/m1/s1. The topological polar surface area (TPSA) is 89.2 Å². The van der Waals surface area contributed by atoms with Crippen LogP contribution in [0.3, 0.4) is 0 Å². The molecule has 0 saturated carbocycles. The highest BCUT2D eigenvalue weighted by molar-refractivity contribution is 5.94. The van der Waals surface area contributed by atoms with Crippen molar-refractivity contribution in [2.24, 2.45) is 0 Å². The van der Waals surface area contributed by atoms with Gasteiger partial charge in [-0.1, -0.05) is 24.3 Å². The Bertz CT molecular complexity index is 1310. The zero-order valence-corrected chi connectivity index (χ0v) is 20.2. The van der Waals surface area contributed by atoms with E-state index < -0.39 is 11.7 Å². The molecule has 36 heavy (non-hydrogen) atoms. The number of ether oxygens (including phenoxy) is 1. The van der Waals surface area contributed by atoms with Crippen molar-refractivity contribution in [1.82, 2.24) is 10.2 Å². The monoisotopic (exact) mass is 482 g/mol. The van der Waals surface area contributed by atoms with Gasteiger partial charge in [-0.25, -0.2) is 4.39 Å². The molecule has 1 aliphatic rings. The van der Waals surface area contributed by atoms with Gasteiger partial charge in [0.15, 0.2) is 0 Å². The Hall–Kier alpha value is -4.20. The van der Waals surface area contributed by atoms with E-state index >= 15 is 0 Å². The number of nitrogens with zero attached hydrogens (tertiary/aromatic N) is 3. The predicted molar refractivity (Wildman–Crippen MR) is 134 cm³/mol. The number of nitriles is 2. The SMILES string of the molecule is CC(C)Oc1ccc([C@@H](c2ccc(C#N)cc2)N2CCC(NC(=O)c3ccc(C#N)cc3F)C2)cc1. The zero-order chi connectivity index (χ0) is 25.7. The maximum absolute atomic E-state index is 14.3. The van der Waals surface area contributed by atoms with Crippen molar-refractivity contribution in [3.8, 4) is 17.9 Å². The molecule has 0 spiro atoms. The Morgan fingerprint density at radius 3 is 2.19 bits per heavy atom. The summed E-state index contributed by atoms with van der Waals surface area (Å²) in [5, 5.41) is 21.1. The molecule has 182 valence electrons. The van der Waals surface area contributed by atoms with Crippen molar-refractivity contribution in [1.29, 1.82) is 10.5 Å². The highest BCUT2D eigenvalue weighted by Crippen LogP contribution is 2.33. The van der Waals surface area contributed by atoms with Gasteiger partial charge in [-0.15, -0.1) is 0 Å². The van der Waals surface area contributed by atoms with E-state index in [2.05, 4.69) is 16.3 Å². The minimum Gasteiger partial charge on any atom is -0.491 e. The van der Waals surface area contributed by atoms with E-state index in [4.69, 9.17) is 10.00 Å². The van der Waals surface area contributed by atoms with E-state index in [1.54, 1.807) is 0 Å². The lowest BCUT2D eigenvalue weighted by Gasteiger charge is -2.29. The van der Waals surface area contributed by atoms with Gasteiger partial charge in [-0.3, -0.25) is 9.69 Å². The Balaban J connectivity index is 1.54. The summed E-state index contributed by atoms with van der Waals surface area (Å²) in [7, 11) is 0. The van der Waals surface area contributed by atoms with Gasteiger partial charge in [0.1, 0.15) is 11.6 Å². The summed E-state index contributed by atoms with van der Waals surface area (Å²) >= 11 is 0. The van der Waals surface area contributed by atoms with Gasteiger partial charge in [-0.2, -0.15) is 10.5 Å². The van der Waals surface area contributed by atoms with E-state index in [0.29, 0.717) is 18.5 Å². The normalized spacial score (nSPS) is 16.2. The molecule has 1 aliphatic heterocycles. The maximum atomic E-state index is 14.3. The maximum Gasteiger partial charge on any atom is 0.254 e. The van der Waals surface area contributed by atoms with Gasteiger partial charge in [0.05, 0.1) is 41.0 Å². The molecule has 1 N–H and O–H groups in total. The third kappa shape index (κ3) is 5.71. The first-order valence-electron chi connectivity index (χ1n) is 11.9. The molecule has 4 rings (SSSR count). The Morgan fingerprint density at radius 2 is 1.61 bits per heavy atom. The second-order valence-corrected chi connectivity index (χ2v) is 9.13. The van der Waals surface area contributed by atoms with E-state index in [-0.39, 0.29) is 29.3 Å². The van der Waals surface area contributed by atoms with Crippen LogP contribution >= 0.6 is 0 Å². The summed E-state index contributed by atoms with van der Waals surface area (Å²) in [6, 6.07) is 23.2. The summed E-state index contributed by atoms with van der Waals surface area (Å²) in [5.74, 6) is -0.405. The van der Waals surface area contributed by atoms with Crippen LogP contribution in [0.15, 0.2) is 66.7 Å². The molecule has 0 bridgehead atoms. The number of likely N-dealkylation sites (tertiary alicyclic amines) is 1. The van der Waals surface area contributed by atoms with Crippen LogP contribution in [0.4, 0.5) is 4.39 Å². The molecule has 0 aromatic heterocycles. The van der Waals surface area contributed by atoms with Gasteiger partial charge in [0, 0.05) is 19.1 Å². The fourth-order valence-corrected chi connectivity index (χ4v) is 4.53. The lowest BCUT2D eigenvalue weighted by molar-refractivity contribution is 0.0933. The first-order chi connectivity index (χ1) is 17.4. The number of hydrogen-bond donors (Lipinski definition) is 1. The molecular weight excluding hydrogens is 455 g/mol. The van der Waals surface area contributed by atoms with Crippen molar-refractivity contribution >= 4 is 5.91 Å². The molecule has 0 radical (unpaired) electrons. The molecule has 0 aliphatic carbocycles. The third-order valence-electron chi connectivity index (χ3n) is 6.19. The smallest absolute Gasteiger partial charge is 0.254 e. The molecule has 1 heterocycles. The van der Waals surface area contributed by atoms with Crippen molar-refractivity contribution < 1.29 is 13.9 Å². The lowest BCUT2D eigenvalue weighted by atomic mass is 9.96. The predicted octanol–water partition coefficient (Wildman–Crippen LogP) is 4.95. The molecule has 1 unspecified atom stereocenters. The molecule has 3 aromatic carbocycles. The highest BCUT2D eigenvalue weighted by Gasteiger charge is 2.31. The number of halogens is 1.